The third-order valence-electron chi connectivity index (χ3n) is 3.42. The average Bonchev–Trinajstić information content (AvgIpc) is 2.65. The molecule has 1 heterocycles. The number of benzene rings is 1. The lowest BCUT2D eigenvalue weighted by atomic mass is 9.97. The number of nitrogens with zero attached hydrogens (tertiary/aromatic N) is 2. The van der Waals surface area contributed by atoms with Crippen molar-refractivity contribution in [1.29, 1.82) is 0 Å². The summed E-state index contributed by atoms with van der Waals surface area (Å²) in [6.07, 6.45) is 2.41. The zero-order chi connectivity index (χ0) is 13.3. The minimum absolute atomic E-state index is 0.154. The van der Waals surface area contributed by atoms with Gasteiger partial charge in [-0.25, -0.2) is 4.39 Å². The third-order valence-corrected chi connectivity index (χ3v) is 3.42. The minimum Gasteiger partial charge on any atom is -0.324 e. The molecule has 1 aromatic heterocycles. The number of aromatic nitrogens is 2. The molecule has 1 unspecified atom stereocenters. The summed E-state index contributed by atoms with van der Waals surface area (Å²) in [5, 5.41) is 4.18. The van der Waals surface area contributed by atoms with Crippen molar-refractivity contribution in [2.75, 3.05) is 0 Å². The lowest BCUT2D eigenvalue weighted by Gasteiger charge is -2.13. The maximum Gasteiger partial charge on any atom is 0.123 e. The second-order valence-corrected chi connectivity index (χ2v) is 4.69. The number of hydrogen-bond donors (Lipinski definition) is 1. The largest absolute Gasteiger partial charge is 0.324 e. The molecule has 0 bridgehead atoms. The Morgan fingerprint density at radius 3 is 2.72 bits per heavy atom. The van der Waals surface area contributed by atoms with Gasteiger partial charge in [0, 0.05) is 24.3 Å². The maximum atomic E-state index is 13.2. The Hall–Kier alpha value is -1.68. The maximum absolute atomic E-state index is 13.2. The molecule has 2 N–H and O–H groups in total. The minimum atomic E-state index is -0.217. The average molecular weight is 247 g/mol. The predicted octanol–water partition coefficient (Wildman–Crippen LogP) is 2.42. The Balaban J connectivity index is 2.23. The lowest BCUT2D eigenvalue weighted by Crippen LogP contribution is -2.15. The van der Waals surface area contributed by atoms with Crippen molar-refractivity contribution < 1.29 is 4.39 Å². The van der Waals surface area contributed by atoms with Crippen LogP contribution in [0.5, 0.6) is 0 Å². The van der Waals surface area contributed by atoms with Crippen LogP contribution in [-0.2, 0) is 13.5 Å². The fourth-order valence-corrected chi connectivity index (χ4v) is 2.09. The first kappa shape index (κ1) is 12.8. The van der Waals surface area contributed by atoms with Crippen molar-refractivity contribution in [3.05, 3.63) is 52.6 Å². The van der Waals surface area contributed by atoms with Crippen molar-refractivity contribution in [2.24, 2.45) is 12.8 Å². The van der Waals surface area contributed by atoms with E-state index in [1.165, 1.54) is 6.07 Å². The molecule has 0 aliphatic carbocycles. The van der Waals surface area contributed by atoms with Crippen molar-refractivity contribution >= 4 is 0 Å². The molecule has 0 spiro atoms. The first-order chi connectivity index (χ1) is 8.49. The van der Waals surface area contributed by atoms with Crippen molar-refractivity contribution in [1.82, 2.24) is 9.78 Å². The van der Waals surface area contributed by atoms with E-state index in [0.29, 0.717) is 6.42 Å². The van der Waals surface area contributed by atoms with Gasteiger partial charge in [-0.1, -0.05) is 6.07 Å². The molecule has 0 aliphatic heterocycles. The van der Waals surface area contributed by atoms with Crippen LogP contribution in [-0.4, -0.2) is 9.78 Å². The van der Waals surface area contributed by atoms with Gasteiger partial charge in [-0.15, -0.1) is 0 Å². The summed E-state index contributed by atoms with van der Waals surface area (Å²) >= 11 is 0. The van der Waals surface area contributed by atoms with Gasteiger partial charge in [-0.3, -0.25) is 4.68 Å². The van der Waals surface area contributed by atoms with E-state index in [1.54, 1.807) is 23.0 Å². The molecule has 0 saturated carbocycles. The summed E-state index contributed by atoms with van der Waals surface area (Å²) in [7, 11) is 1.89. The van der Waals surface area contributed by atoms with E-state index < -0.39 is 0 Å². The van der Waals surface area contributed by atoms with Gasteiger partial charge in [-0.2, -0.15) is 5.10 Å². The standard InChI is InChI=1S/C14H18FN3/c1-9-4-5-12(15)6-11(9)7-14(16)13-8-17-18(3)10(13)2/h4-6,8,14H,7,16H2,1-3H3. The number of hydrogen-bond acceptors (Lipinski definition) is 2. The van der Waals surface area contributed by atoms with Crippen LogP contribution < -0.4 is 5.73 Å². The number of halogens is 1. The summed E-state index contributed by atoms with van der Waals surface area (Å²) in [6, 6.07) is 4.66. The monoisotopic (exact) mass is 247 g/mol. The van der Waals surface area contributed by atoms with Crippen molar-refractivity contribution in [2.45, 2.75) is 26.3 Å². The number of rotatable bonds is 3. The molecule has 1 aromatic carbocycles. The molecular formula is C14H18FN3. The topological polar surface area (TPSA) is 43.8 Å². The Labute approximate surface area is 106 Å². The van der Waals surface area contributed by atoms with Crippen LogP contribution in [0.1, 0.15) is 28.4 Å². The van der Waals surface area contributed by atoms with E-state index in [1.807, 2.05) is 20.9 Å². The fraction of sp³-hybridized carbons (Fsp3) is 0.357. The second kappa shape index (κ2) is 4.90. The van der Waals surface area contributed by atoms with Crippen molar-refractivity contribution in [3.63, 3.8) is 0 Å². The predicted molar refractivity (Wildman–Crippen MR) is 69.7 cm³/mol. The van der Waals surface area contributed by atoms with Gasteiger partial charge in [0.25, 0.3) is 0 Å². The van der Waals surface area contributed by atoms with Gasteiger partial charge >= 0.3 is 0 Å². The number of aryl methyl sites for hydroxylation is 2. The van der Waals surface area contributed by atoms with Crippen LogP contribution in [0.4, 0.5) is 4.39 Å². The molecule has 3 nitrogen and oxygen atoms in total. The summed E-state index contributed by atoms with van der Waals surface area (Å²) < 4.78 is 15.0. The second-order valence-electron chi connectivity index (χ2n) is 4.69. The van der Waals surface area contributed by atoms with E-state index >= 15 is 0 Å². The summed E-state index contributed by atoms with van der Waals surface area (Å²) in [6.45, 7) is 3.96. The lowest BCUT2D eigenvalue weighted by molar-refractivity contribution is 0.620. The van der Waals surface area contributed by atoms with E-state index in [4.69, 9.17) is 5.73 Å². The van der Waals surface area contributed by atoms with Crippen LogP contribution >= 0.6 is 0 Å². The highest BCUT2D eigenvalue weighted by Crippen LogP contribution is 2.21. The molecule has 0 fully saturated rings. The van der Waals surface area contributed by atoms with Crippen LogP contribution in [0.2, 0.25) is 0 Å². The van der Waals surface area contributed by atoms with Gasteiger partial charge in [-0.05, 0) is 43.5 Å². The van der Waals surface area contributed by atoms with Crippen LogP contribution in [0.15, 0.2) is 24.4 Å². The van der Waals surface area contributed by atoms with Gasteiger partial charge in [0.2, 0.25) is 0 Å². The third kappa shape index (κ3) is 2.43. The quantitative estimate of drug-likeness (QED) is 0.905. The first-order valence-electron chi connectivity index (χ1n) is 5.98. The van der Waals surface area contributed by atoms with E-state index in [-0.39, 0.29) is 11.9 Å². The highest BCUT2D eigenvalue weighted by atomic mass is 19.1. The SMILES string of the molecule is Cc1ccc(F)cc1CC(N)c1cnn(C)c1C. The molecule has 0 amide bonds. The molecule has 96 valence electrons. The van der Waals surface area contributed by atoms with Gasteiger partial charge in [0.1, 0.15) is 5.82 Å². The Morgan fingerprint density at radius 1 is 1.39 bits per heavy atom. The highest BCUT2D eigenvalue weighted by molar-refractivity contribution is 5.30. The molecular weight excluding hydrogens is 229 g/mol. The van der Waals surface area contributed by atoms with Crippen LogP contribution in [0, 0.1) is 19.7 Å². The molecule has 18 heavy (non-hydrogen) atoms. The molecule has 0 radical (unpaired) electrons. The van der Waals surface area contributed by atoms with Crippen LogP contribution in [0.3, 0.4) is 0 Å². The van der Waals surface area contributed by atoms with Gasteiger partial charge < -0.3 is 5.73 Å². The molecule has 2 rings (SSSR count). The Kier molecular flexibility index (Phi) is 3.48. The van der Waals surface area contributed by atoms with Crippen LogP contribution in [0.25, 0.3) is 0 Å². The highest BCUT2D eigenvalue weighted by Gasteiger charge is 2.14. The van der Waals surface area contributed by atoms with Crippen molar-refractivity contribution in [3.8, 4) is 0 Å². The Bertz CT molecular complexity index is 560. The van der Waals surface area contributed by atoms with Gasteiger partial charge in [0.05, 0.1) is 6.20 Å². The first-order valence-corrected chi connectivity index (χ1v) is 5.98. The Morgan fingerprint density at radius 2 is 2.11 bits per heavy atom. The molecule has 2 aromatic rings. The van der Waals surface area contributed by atoms with E-state index in [0.717, 1.165) is 22.4 Å². The summed E-state index contributed by atoms with van der Waals surface area (Å²) in [5.41, 5.74) is 10.3. The summed E-state index contributed by atoms with van der Waals surface area (Å²) in [4.78, 5) is 0. The zero-order valence-corrected chi connectivity index (χ0v) is 10.9. The molecule has 4 heteroatoms. The molecule has 0 saturated heterocycles. The van der Waals surface area contributed by atoms with E-state index in [2.05, 4.69) is 5.10 Å². The fourth-order valence-electron chi connectivity index (χ4n) is 2.09. The smallest absolute Gasteiger partial charge is 0.123 e. The molecule has 1 atom stereocenters. The zero-order valence-electron chi connectivity index (χ0n) is 10.9. The summed E-state index contributed by atoms with van der Waals surface area (Å²) in [5.74, 6) is -0.217. The number of nitrogens with two attached hydrogens (primary N) is 1. The van der Waals surface area contributed by atoms with E-state index in [9.17, 15) is 4.39 Å². The normalized spacial score (nSPS) is 12.7. The van der Waals surface area contributed by atoms with Gasteiger partial charge in [0.15, 0.2) is 0 Å². The molecule has 0 aliphatic rings.